The van der Waals surface area contributed by atoms with E-state index in [-0.39, 0.29) is 18.1 Å². The molecule has 0 saturated carbocycles. The van der Waals surface area contributed by atoms with E-state index < -0.39 is 41.1 Å². The van der Waals surface area contributed by atoms with Gasteiger partial charge in [-0.3, -0.25) is 14.9 Å². The number of rotatable bonds is 8. The average molecular weight is 333 g/mol. The lowest BCUT2D eigenvalue weighted by molar-refractivity contribution is -0.385. The highest BCUT2D eigenvalue weighted by Crippen LogP contribution is 2.34. The summed E-state index contributed by atoms with van der Waals surface area (Å²) < 4.78 is 36.4. The highest BCUT2D eigenvalue weighted by molar-refractivity contribution is 5.99. The number of nitrogens with two attached hydrogens (primary N) is 1. The van der Waals surface area contributed by atoms with Gasteiger partial charge in [0.15, 0.2) is 11.5 Å². The molecule has 0 saturated heterocycles. The molecule has 0 aromatic heterocycles. The third kappa shape index (κ3) is 4.74. The molecule has 3 N–H and O–H groups in total. The van der Waals surface area contributed by atoms with Crippen molar-refractivity contribution >= 4 is 11.6 Å². The van der Waals surface area contributed by atoms with Crippen molar-refractivity contribution in [2.75, 3.05) is 26.8 Å². The molecule has 1 amide bonds. The largest absolute Gasteiger partial charge is 0.493 e. The van der Waals surface area contributed by atoms with E-state index in [0.29, 0.717) is 0 Å². The number of methoxy groups -OCH3 is 1. The SMILES string of the molecule is CCOc1cc(C(=O)NCC(F)(F)CN)c([N+](=O)[O-])cc1OC. The van der Waals surface area contributed by atoms with Crippen LogP contribution in [0.4, 0.5) is 14.5 Å². The topological polar surface area (TPSA) is 117 Å². The lowest BCUT2D eigenvalue weighted by Gasteiger charge is -2.15. The van der Waals surface area contributed by atoms with Crippen LogP contribution in [0.2, 0.25) is 0 Å². The quantitative estimate of drug-likeness (QED) is 0.547. The van der Waals surface area contributed by atoms with Gasteiger partial charge in [0.25, 0.3) is 17.5 Å². The zero-order valence-electron chi connectivity index (χ0n) is 12.6. The zero-order valence-corrected chi connectivity index (χ0v) is 12.6. The number of nitro groups is 1. The molecule has 128 valence electrons. The van der Waals surface area contributed by atoms with Gasteiger partial charge in [0.2, 0.25) is 0 Å². The molecule has 0 radical (unpaired) electrons. The fourth-order valence-corrected chi connectivity index (χ4v) is 1.69. The molecule has 0 atom stereocenters. The number of hydrogen-bond donors (Lipinski definition) is 2. The monoisotopic (exact) mass is 333 g/mol. The molecule has 1 aromatic rings. The Morgan fingerprint density at radius 2 is 2.09 bits per heavy atom. The number of amides is 1. The van der Waals surface area contributed by atoms with Crippen LogP contribution in [0.5, 0.6) is 11.5 Å². The summed E-state index contributed by atoms with van der Waals surface area (Å²) in [6.07, 6.45) is 0. The van der Waals surface area contributed by atoms with Crippen molar-refractivity contribution in [2.24, 2.45) is 5.73 Å². The Kier molecular flexibility index (Phi) is 6.19. The maximum Gasteiger partial charge on any atom is 0.286 e. The number of ether oxygens (including phenoxy) is 2. The molecular weight excluding hydrogens is 316 g/mol. The van der Waals surface area contributed by atoms with Crippen LogP contribution in [0.15, 0.2) is 12.1 Å². The molecular formula is C13H17F2N3O5. The molecule has 0 spiro atoms. The highest BCUT2D eigenvalue weighted by atomic mass is 19.3. The van der Waals surface area contributed by atoms with E-state index in [0.717, 1.165) is 12.1 Å². The molecule has 0 unspecified atom stereocenters. The lowest BCUT2D eigenvalue weighted by Crippen LogP contribution is -2.41. The van der Waals surface area contributed by atoms with E-state index >= 15 is 0 Å². The van der Waals surface area contributed by atoms with Crippen molar-refractivity contribution in [3.8, 4) is 11.5 Å². The summed E-state index contributed by atoms with van der Waals surface area (Å²) >= 11 is 0. The Morgan fingerprint density at radius 3 is 2.57 bits per heavy atom. The predicted octanol–water partition coefficient (Wildman–Crippen LogP) is 1.33. The van der Waals surface area contributed by atoms with E-state index in [4.69, 9.17) is 15.2 Å². The summed E-state index contributed by atoms with van der Waals surface area (Å²) in [6.45, 7) is -0.0967. The summed E-state index contributed by atoms with van der Waals surface area (Å²) in [5.74, 6) is -4.19. The molecule has 1 rings (SSSR count). The number of nitrogens with one attached hydrogen (secondary N) is 1. The van der Waals surface area contributed by atoms with Gasteiger partial charge in [-0.25, -0.2) is 8.78 Å². The molecule has 8 nitrogen and oxygen atoms in total. The number of nitro benzene ring substituents is 1. The molecule has 10 heteroatoms. The number of halogens is 2. The molecule has 1 aromatic carbocycles. The smallest absolute Gasteiger partial charge is 0.286 e. The Hall–Kier alpha value is -2.49. The van der Waals surface area contributed by atoms with Crippen LogP contribution in [0.25, 0.3) is 0 Å². The van der Waals surface area contributed by atoms with Crippen LogP contribution >= 0.6 is 0 Å². The van der Waals surface area contributed by atoms with Crippen LogP contribution in [-0.2, 0) is 0 Å². The lowest BCUT2D eigenvalue weighted by atomic mass is 10.1. The molecule has 0 fully saturated rings. The predicted molar refractivity (Wildman–Crippen MR) is 77.2 cm³/mol. The Morgan fingerprint density at radius 1 is 1.43 bits per heavy atom. The number of nitrogens with zero attached hydrogens (tertiary/aromatic N) is 1. The van der Waals surface area contributed by atoms with E-state index in [9.17, 15) is 23.7 Å². The van der Waals surface area contributed by atoms with Gasteiger partial charge in [0, 0.05) is 6.07 Å². The third-order valence-corrected chi connectivity index (χ3v) is 2.83. The number of hydrogen-bond acceptors (Lipinski definition) is 6. The Bertz CT molecular complexity index is 595. The number of benzene rings is 1. The number of alkyl halides is 2. The summed E-state index contributed by atoms with van der Waals surface area (Å²) in [6, 6.07) is 2.08. The van der Waals surface area contributed by atoms with E-state index in [2.05, 4.69) is 0 Å². The summed E-state index contributed by atoms with van der Waals surface area (Å²) in [7, 11) is 1.28. The van der Waals surface area contributed by atoms with Gasteiger partial charge in [-0.1, -0.05) is 0 Å². The van der Waals surface area contributed by atoms with Crippen molar-refractivity contribution in [1.82, 2.24) is 5.32 Å². The standard InChI is InChI=1S/C13H17F2N3O5/c1-3-23-11-4-8(9(18(20)21)5-10(11)22-2)12(19)17-7-13(14,15)6-16/h4-5H,3,6-7,16H2,1-2H3,(H,17,19). The Balaban J connectivity index is 3.18. The van der Waals surface area contributed by atoms with E-state index in [1.165, 1.54) is 7.11 Å². The first-order chi connectivity index (χ1) is 10.8. The second-order valence-electron chi connectivity index (χ2n) is 4.45. The minimum Gasteiger partial charge on any atom is -0.493 e. The maximum absolute atomic E-state index is 13.1. The van der Waals surface area contributed by atoms with Crippen molar-refractivity contribution in [1.29, 1.82) is 0 Å². The van der Waals surface area contributed by atoms with Crippen LogP contribution in [0.1, 0.15) is 17.3 Å². The molecule has 0 bridgehead atoms. The van der Waals surface area contributed by atoms with Crippen LogP contribution < -0.4 is 20.5 Å². The number of carbonyl (C=O) groups excluding carboxylic acids is 1. The molecule has 23 heavy (non-hydrogen) atoms. The minimum atomic E-state index is -3.31. The van der Waals surface area contributed by atoms with Gasteiger partial charge in [-0.05, 0) is 6.92 Å². The summed E-state index contributed by atoms with van der Waals surface area (Å²) in [5, 5.41) is 13.0. The zero-order chi connectivity index (χ0) is 17.6. The van der Waals surface area contributed by atoms with Gasteiger partial charge in [0.1, 0.15) is 5.56 Å². The van der Waals surface area contributed by atoms with Crippen LogP contribution in [-0.4, -0.2) is 43.6 Å². The summed E-state index contributed by atoms with van der Waals surface area (Å²) in [5.41, 5.74) is 3.87. The minimum absolute atomic E-state index is 0.0578. The van der Waals surface area contributed by atoms with Crippen molar-refractivity contribution in [3.05, 3.63) is 27.8 Å². The van der Waals surface area contributed by atoms with E-state index in [1.54, 1.807) is 6.92 Å². The first kappa shape index (κ1) is 18.6. The highest BCUT2D eigenvalue weighted by Gasteiger charge is 2.30. The molecule has 0 aliphatic carbocycles. The molecule has 0 aliphatic rings. The first-order valence-corrected chi connectivity index (χ1v) is 6.61. The van der Waals surface area contributed by atoms with Crippen molar-refractivity contribution < 1.29 is 28.0 Å². The normalized spacial score (nSPS) is 11.0. The fourth-order valence-electron chi connectivity index (χ4n) is 1.69. The fraction of sp³-hybridized carbons (Fsp3) is 0.462. The van der Waals surface area contributed by atoms with Crippen LogP contribution in [0.3, 0.4) is 0 Å². The Labute approximate surface area is 130 Å². The third-order valence-electron chi connectivity index (χ3n) is 2.83. The first-order valence-electron chi connectivity index (χ1n) is 6.61. The second-order valence-corrected chi connectivity index (χ2v) is 4.45. The van der Waals surface area contributed by atoms with Gasteiger partial charge in [-0.2, -0.15) is 0 Å². The maximum atomic E-state index is 13.1. The summed E-state index contributed by atoms with van der Waals surface area (Å²) in [4.78, 5) is 22.3. The molecule has 0 heterocycles. The van der Waals surface area contributed by atoms with E-state index in [1.807, 2.05) is 5.32 Å². The van der Waals surface area contributed by atoms with Gasteiger partial charge >= 0.3 is 0 Å². The van der Waals surface area contributed by atoms with Gasteiger partial charge < -0.3 is 20.5 Å². The van der Waals surface area contributed by atoms with Gasteiger partial charge in [0.05, 0.1) is 37.8 Å². The van der Waals surface area contributed by atoms with Gasteiger partial charge in [-0.15, -0.1) is 0 Å². The van der Waals surface area contributed by atoms with Crippen LogP contribution in [0, 0.1) is 10.1 Å². The van der Waals surface area contributed by atoms with Crippen molar-refractivity contribution in [2.45, 2.75) is 12.8 Å². The average Bonchev–Trinajstić information content (AvgIpc) is 2.52. The molecule has 0 aliphatic heterocycles. The number of carbonyl (C=O) groups is 1. The second kappa shape index (κ2) is 7.68. The van der Waals surface area contributed by atoms with Crippen molar-refractivity contribution in [3.63, 3.8) is 0 Å².